The molecule has 0 radical (unpaired) electrons. The van der Waals surface area contributed by atoms with Crippen LogP contribution in [0.5, 0.6) is 0 Å². The van der Waals surface area contributed by atoms with Crippen molar-refractivity contribution in [3.05, 3.63) is 51.9 Å². The highest BCUT2D eigenvalue weighted by atomic mass is 35.5. The number of halogens is 2. The van der Waals surface area contributed by atoms with Gasteiger partial charge in [0, 0.05) is 11.9 Å². The lowest BCUT2D eigenvalue weighted by Gasteiger charge is -2.15. The molecule has 3 nitrogen and oxygen atoms in total. The monoisotopic (exact) mass is 363 g/mol. The normalized spacial score (nSPS) is 13.3. The van der Waals surface area contributed by atoms with E-state index >= 15 is 0 Å². The number of rotatable bonds is 6. The molecule has 114 valence electrons. The predicted molar refractivity (Wildman–Crippen MR) is 89.0 cm³/mol. The molecule has 0 fully saturated rings. The highest BCUT2D eigenvalue weighted by Gasteiger charge is 2.22. The van der Waals surface area contributed by atoms with Crippen LogP contribution in [0.25, 0.3) is 0 Å². The van der Waals surface area contributed by atoms with Crippen LogP contribution in [0.1, 0.15) is 11.1 Å². The maximum atomic E-state index is 12.3. The van der Waals surface area contributed by atoms with Crippen LogP contribution in [0.4, 0.5) is 0 Å². The number of benzene rings is 1. The Morgan fingerprint density at radius 3 is 2.48 bits per heavy atom. The fraction of sp³-hybridized carbons (Fsp3) is 0.286. The summed E-state index contributed by atoms with van der Waals surface area (Å²) in [6.07, 6.45) is 0.543. The fourth-order valence-corrected chi connectivity index (χ4v) is 5.11. The number of sulfonamides is 1. The van der Waals surface area contributed by atoms with Gasteiger partial charge in [-0.1, -0.05) is 41.9 Å². The van der Waals surface area contributed by atoms with Crippen molar-refractivity contribution in [1.82, 2.24) is 4.72 Å². The van der Waals surface area contributed by atoms with Crippen LogP contribution in [0, 0.1) is 6.92 Å². The number of aryl methyl sites for hydroxylation is 1. The maximum absolute atomic E-state index is 12.3. The van der Waals surface area contributed by atoms with Gasteiger partial charge in [-0.25, -0.2) is 13.1 Å². The van der Waals surface area contributed by atoms with Crippen LogP contribution >= 0.6 is 34.5 Å². The van der Waals surface area contributed by atoms with Gasteiger partial charge < -0.3 is 0 Å². The quantitative estimate of drug-likeness (QED) is 0.792. The first kappa shape index (κ1) is 16.8. The highest BCUT2D eigenvalue weighted by Crippen LogP contribution is 2.30. The molecule has 7 heteroatoms. The summed E-state index contributed by atoms with van der Waals surface area (Å²) in [5, 5.41) is 0. The van der Waals surface area contributed by atoms with Crippen LogP contribution < -0.4 is 4.72 Å². The van der Waals surface area contributed by atoms with Gasteiger partial charge in [0.1, 0.15) is 4.21 Å². The van der Waals surface area contributed by atoms with E-state index in [-0.39, 0.29) is 16.1 Å². The smallest absolute Gasteiger partial charge is 0.206 e. The molecular weight excluding hydrogens is 349 g/mol. The molecule has 0 saturated heterocycles. The Kier molecular flexibility index (Phi) is 5.68. The van der Waals surface area contributed by atoms with Crippen LogP contribution in [-0.4, -0.2) is 20.3 Å². The molecule has 1 heterocycles. The number of thiophene rings is 1. The van der Waals surface area contributed by atoms with Gasteiger partial charge >= 0.3 is 0 Å². The van der Waals surface area contributed by atoms with Gasteiger partial charge in [-0.15, -0.1) is 22.9 Å². The maximum Gasteiger partial charge on any atom is 0.250 e. The van der Waals surface area contributed by atoms with Gasteiger partial charge in [0.25, 0.3) is 0 Å². The summed E-state index contributed by atoms with van der Waals surface area (Å²) in [4.78, 5) is 0. The van der Waals surface area contributed by atoms with Crippen molar-refractivity contribution in [2.24, 2.45) is 0 Å². The zero-order valence-electron chi connectivity index (χ0n) is 11.3. The van der Waals surface area contributed by atoms with Crippen LogP contribution in [0.2, 0.25) is 4.34 Å². The Balaban J connectivity index is 2.14. The van der Waals surface area contributed by atoms with E-state index in [1.165, 1.54) is 0 Å². The van der Waals surface area contributed by atoms with Crippen molar-refractivity contribution in [3.63, 3.8) is 0 Å². The lowest BCUT2D eigenvalue weighted by molar-refractivity contribution is 0.563. The Bertz CT molecular complexity index is 680. The Labute approximate surface area is 139 Å². The molecule has 1 aromatic carbocycles. The van der Waals surface area contributed by atoms with Gasteiger partial charge in [-0.2, -0.15) is 0 Å². The van der Waals surface area contributed by atoms with E-state index in [1.54, 1.807) is 13.0 Å². The van der Waals surface area contributed by atoms with E-state index in [9.17, 15) is 8.42 Å². The molecule has 0 bridgehead atoms. The third-order valence-corrected chi connectivity index (χ3v) is 6.85. The second-order valence-electron chi connectivity index (χ2n) is 4.68. The van der Waals surface area contributed by atoms with Gasteiger partial charge in [0.2, 0.25) is 10.0 Å². The fourth-order valence-electron chi connectivity index (χ4n) is 1.87. The Morgan fingerprint density at radius 1 is 1.29 bits per heavy atom. The zero-order chi connectivity index (χ0) is 15.5. The van der Waals surface area contributed by atoms with Gasteiger partial charge in [0.05, 0.1) is 4.34 Å². The third kappa shape index (κ3) is 4.44. The number of nitrogens with one attached hydrogen (secondary N) is 1. The number of alkyl halides is 1. The highest BCUT2D eigenvalue weighted by molar-refractivity contribution is 7.91. The molecule has 1 unspecified atom stereocenters. The standard InChI is InChI=1S/C14H15Cl2NO2S2/c1-10-7-13(20-14(10)16)21(18,19)17-12(9-15)8-11-5-3-2-4-6-11/h2-7,12,17H,8-9H2,1H3. The zero-order valence-corrected chi connectivity index (χ0v) is 14.5. The topological polar surface area (TPSA) is 46.2 Å². The molecule has 21 heavy (non-hydrogen) atoms. The molecule has 0 spiro atoms. The molecule has 0 aliphatic heterocycles. The van der Waals surface area contributed by atoms with Gasteiger partial charge in [-0.05, 0) is 30.5 Å². The van der Waals surface area contributed by atoms with Crippen molar-refractivity contribution < 1.29 is 8.42 Å². The molecule has 2 aromatic rings. The molecule has 2 rings (SSSR count). The van der Waals surface area contributed by atoms with Crippen molar-refractivity contribution in [1.29, 1.82) is 0 Å². The molecule has 1 N–H and O–H groups in total. The molecule has 0 aliphatic rings. The van der Waals surface area contributed by atoms with Crippen molar-refractivity contribution in [3.8, 4) is 0 Å². The molecule has 1 atom stereocenters. The predicted octanol–water partition coefficient (Wildman–Crippen LogP) is 3.84. The van der Waals surface area contributed by atoms with E-state index < -0.39 is 10.0 Å². The Hall–Kier alpha value is -0.590. The van der Waals surface area contributed by atoms with E-state index in [0.717, 1.165) is 22.5 Å². The lowest BCUT2D eigenvalue weighted by Crippen LogP contribution is -2.37. The second kappa shape index (κ2) is 7.11. The van der Waals surface area contributed by atoms with Crippen LogP contribution in [0.3, 0.4) is 0 Å². The molecule has 0 aliphatic carbocycles. The van der Waals surface area contributed by atoms with Gasteiger partial charge in [0.15, 0.2) is 0 Å². The number of hydrogen-bond donors (Lipinski definition) is 1. The summed E-state index contributed by atoms with van der Waals surface area (Å²) in [7, 11) is -3.59. The first-order chi connectivity index (χ1) is 9.92. The molecule has 0 amide bonds. The van der Waals surface area contributed by atoms with Crippen LogP contribution in [-0.2, 0) is 16.4 Å². The minimum atomic E-state index is -3.59. The summed E-state index contributed by atoms with van der Waals surface area (Å²) >= 11 is 12.9. The van der Waals surface area contributed by atoms with Crippen molar-refractivity contribution >= 4 is 44.6 Å². The molecular formula is C14H15Cl2NO2S2. The summed E-state index contributed by atoms with van der Waals surface area (Å²) < 4.78 is 28.0. The summed E-state index contributed by atoms with van der Waals surface area (Å²) in [6.45, 7) is 1.78. The summed E-state index contributed by atoms with van der Waals surface area (Å²) in [6, 6.07) is 10.8. The SMILES string of the molecule is Cc1cc(S(=O)(=O)NC(CCl)Cc2ccccc2)sc1Cl. The molecule has 1 aromatic heterocycles. The minimum Gasteiger partial charge on any atom is -0.206 e. The average molecular weight is 364 g/mol. The summed E-state index contributed by atoms with van der Waals surface area (Å²) in [5.41, 5.74) is 1.79. The largest absolute Gasteiger partial charge is 0.250 e. The lowest BCUT2D eigenvalue weighted by atomic mass is 10.1. The van der Waals surface area contributed by atoms with E-state index in [4.69, 9.17) is 23.2 Å². The minimum absolute atomic E-state index is 0.201. The Morgan fingerprint density at radius 2 is 1.95 bits per heavy atom. The van der Waals surface area contributed by atoms with E-state index in [0.29, 0.717) is 10.8 Å². The van der Waals surface area contributed by atoms with E-state index in [1.807, 2.05) is 30.3 Å². The molecule has 0 saturated carbocycles. The third-order valence-electron chi connectivity index (χ3n) is 2.93. The first-order valence-corrected chi connectivity index (χ1v) is 9.51. The van der Waals surface area contributed by atoms with Crippen molar-refractivity contribution in [2.45, 2.75) is 23.6 Å². The average Bonchev–Trinajstić information content (AvgIpc) is 2.80. The van der Waals surface area contributed by atoms with Gasteiger partial charge in [-0.3, -0.25) is 0 Å². The van der Waals surface area contributed by atoms with Crippen LogP contribution in [0.15, 0.2) is 40.6 Å². The first-order valence-electron chi connectivity index (χ1n) is 6.30. The second-order valence-corrected chi connectivity index (χ2v) is 8.59. The summed E-state index contributed by atoms with van der Waals surface area (Å²) in [5.74, 6) is 0.201. The van der Waals surface area contributed by atoms with Crippen molar-refractivity contribution in [2.75, 3.05) is 5.88 Å². The number of hydrogen-bond acceptors (Lipinski definition) is 3. The van der Waals surface area contributed by atoms with E-state index in [2.05, 4.69) is 4.72 Å².